The molecular weight excluding hydrogens is 739 g/mol. The van der Waals surface area contributed by atoms with E-state index in [9.17, 15) is 49.5 Å². The minimum atomic E-state index is -1.59. The van der Waals surface area contributed by atoms with Gasteiger partial charge in [0.05, 0.1) is 65.8 Å². The molecular formula is C36H26Cl2N2O13-4. The van der Waals surface area contributed by atoms with Crippen molar-refractivity contribution in [1.29, 1.82) is 0 Å². The van der Waals surface area contributed by atoms with E-state index in [0.29, 0.717) is 27.6 Å². The maximum atomic E-state index is 12.4. The molecule has 1 aliphatic heterocycles. The largest absolute Gasteiger partial charge is 0.548 e. The van der Waals surface area contributed by atoms with E-state index in [1.165, 1.54) is 48.5 Å². The predicted octanol–water partition coefficient (Wildman–Crippen LogP) is -0.0442. The highest BCUT2D eigenvalue weighted by Gasteiger charge is 2.23. The molecule has 53 heavy (non-hydrogen) atoms. The van der Waals surface area contributed by atoms with Crippen LogP contribution in [-0.2, 0) is 19.2 Å². The summed E-state index contributed by atoms with van der Waals surface area (Å²) in [6, 6.07) is 14.2. The summed E-state index contributed by atoms with van der Waals surface area (Å²) in [6.07, 6.45) is 0. The zero-order valence-corrected chi connectivity index (χ0v) is 29.0. The van der Waals surface area contributed by atoms with Crippen LogP contribution in [0.2, 0.25) is 10.0 Å². The molecule has 3 aromatic carbocycles. The van der Waals surface area contributed by atoms with Crippen LogP contribution in [0.25, 0.3) is 33.4 Å². The molecule has 1 aliphatic carbocycles. The monoisotopic (exact) mass is 764 g/mol. The van der Waals surface area contributed by atoms with Crippen molar-refractivity contribution in [2.24, 2.45) is 0 Å². The lowest BCUT2D eigenvalue weighted by Gasteiger charge is -2.28. The van der Waals surface area contributed by atoms with Gasteiger partial charge in [-0.3, -0.25) is 4.79 Å². The average Bonchev–Trinajstić information content (AvgIpc) is 3.05. The smallest absolute Gasteiger partial charge is 0.200 e. The molecule has 0 saturated heterocycles. The fraction of sp³-hybridized carbons (Fsp3) is 0.194. The van der Waals surface area contributed by atoms with E-state index in [2.05, 4.69) is 0 Å². The molecule has 276 valence electrons. The number of halogens is 2. The molecule has 0 fully saturated rings. The topological polar surface area (TPSA) is 236 Å². The van der Waals surface area contributed by atoms with E-state index in [4.69, 9.17) is 37.1 Å². The van der Waals surface area contributed by atoms with E-state index >= 15 is 0 Å². The van der Waals surface area contributed by atoms with E-state index in [0.717, 1.165) is 9.80 Å². The van der Waals surface area contributed by atoms with E-state index in [-0.39, 0.29) is 63.2 Å². The Morgan fingerprint density at radius 1 is 0.755 bits per heavy atom. The number of hydrogen-bond donors (Lipinski definition) is 1. The van der Waals surface area contributed by atoms with Crippen LogP contribution in [0.15, 0.2) is 69.9 Å². The number of rotatable bonds is 16. The second-order valence-electron chi connectivity index (χ2n) is 11.6. The normalized spacial score (nSPS) is 11.0. The molecule has 0 saturated carbocycles. The Morgan fingerprint density at radius 3 is 2.02 bits per heavy atom. The maximum absolute atomic E-state index is 12.4. The lowest BCUT2D eigenvalue weighted by atomic mass is 9.93. The Kier molecular flexibility index (Phi) is 11.5. The van der Waals surface area contributed by atoms with Crippen molar-refractivity contribution in [2.45, 2.75) is 6.92 Å². The Balaban J connectivity index is 1.55. The zero-order valence-electron chi connectivity index (χ0n) is 27.5. The molecule has 0 atom stereocenters. The number of hydrogen-bond acceptors (Lipinski definition) is 15. The highest BCUT2D eigenvalue weighted by molar-refractivity contribution is 6.33. The van der Waals surface area contributed by atoms with Crippen LogP contribution >= 0.6 is 23.2 Å². The number of carbonyl (C=O) groups is 4. The van der Waals surface area contributed by atoms with Crippen molar-refractivity contribution in [3.05, 3.63) is 86.5 Å². The first-order valence-electron chi connectivity index (χ1n) is 15.5. The Labute approximate surface area is 309 Å². The first-order valence-corrected chi connectivity index (χ1v) is 16.2. The number of ether oxygens (including phenoxy) is 2. The molecule has 0 aromatic heterocycles. The maximum Gasteiger partial charge on any atom is 0.200 e. The predicted molar refractivity (Wildman–Crippen MR) is 183 cm³/mol. The molecule has 15 nitrogen and oxygen atoms in total. The summed E-state index contributed by atoms with van der Waals surface area (Å²) in [4.78, 5) is 60.2. The Hall–Kier alpha value is -6.19. The summed E-state index contributed by atoms with van der Waals surface area (Å²) in [5.74, 6) is -6.21. The van der Waals surface area contributed by atoms with Crippen LogP contribution in [0.3, 0.4) is 0 Å². The van der Waals surface area contributed by atoms with Crippen LogP contribution in [-0.4, -0.2) is 68.4 Å². The Bertz CT molecular complexity index is 2240. The van der Waals surface area contributed by atoms with Gasteiger partial charge in [0, 0.05) is 40.4 Å². The number of benzene rings is 4. The quantitative estimate of drug-likeness (QED) is 0.102. The summed E-state index contributed by atoms with van der Waals surface area (Å²) in [7, 11) is 0. The van der Waals surface area contributed by atoms with E-state index in [1.807, 2.05) is 0 Å². The number of phenols is 1. The molecule has 1 N–H and O–H groups in total. The summed E-state index contributed by atoms with van der Waals surface area (Å²) in [6.45, 7) is -1.88. The first-order chi connectivity index (χ1) is 25.1. The van der Waals surface area contributed by atoms with Gasteiger partial charge in [0.15, 0.2) is 0 Å². The average molecular weight is 766 g/mol. The molecule has 0 radical (unpaired) electrons. The van der Waals surface area contributed by atoms with Gasteiger partial charge in [0.25, 0.3) is 0 Å². The number of aromatic hydroxyl groups is 1. The SMILES string of the molecule is Cc1cc(OCCOc2cc(-c3c4cc(Cl)c(=O)cc-4oc4cc(O)c(Cl)cc34)ccc2N(CC(=O)[O-])CC(=O)[O-])cc(N(CC(=O)[O-])CC(=O)[O-])c1. The minimum absolute atomic E-state index is 0.0185. The van der Waals surface area contributed by atoms with Gasteiger partial charge in [-0.25, -0.2) is 0 Å². The number of carboxylic acid groups (broad SMARTS) is 4. The number of carboxylic acids is 4. The molecule has 3 aromatic rings. The van der Waals surface area contributed by atoms with Gasteiger partial charge in [0.2, 0.25) is 5.43 Å². The van der Waals surface area contributed by atoms with Crippen molar-refractivity contribution < 1.29 is 58.6 Å². The lowest BCUT2D eigenvalue weighted by Crippen LogP contribution is -2.44. The highest BCUT2D eigenvalue weighted by Crippen LogP contribution is 2.45. The molecule has 0 unspecified atom stereocenters. The van der Waals surface area contributed by atoms with Gasteiger partial charge in [-0.2, -0.15) is 0 Å². The van der Waals surface area contributed by atoms with Gasteiger partial charge < -0.3 is 68.4 Å². The number of aliphatic carboxylic acids is 4. The van der Waals surface area contributed by atoms with Gasteiger partial charge in [-0.1, -0.05) is 29.3 Å². The number of aryl methyl sites for hydroxylation is 1. The first kappa shape index (κ1) is 38.1. The van der Waals surface area contributed by atoms with Gasteiger partial charge in [-0.05, 0) is 54.4 Å². The van der Waals surface area contributed by atoms with Crippen LogP contribution < -0.4 is 45.1 Å². The minimum Gasteiger partial charge on any atom is -0.548 e. The molecule has 2 aliphatic rings. The molecule has 1 heterocycles. The zero-order chi connectivity index (χ0) is 38.6. The number of anilines is 2. The lowest BCUT2D eigenvalue weighted by molar-refractivity contribution is -0.307. The van der Waals surface area contributed by atoms with E-state index < -0.39 is 55.5 Å². The standard InChI is InChI=1S/C36H30Cl2N2O13/c1-18-6-20(39(14-32(43)44)15-33(45)46)9-21(7-18)51-4-5-52-31-8-19(2-3-26(31)40(16-34(47)48)17-35(49)50)36-22-10-24(37)27(41)12-29(22)53-30-13-28(42)25(38)11-23(30)36/h2-3,6-13,41H,4-5,14-17H2,1H3,(H,43,44)(H,45,46)(H,47,48)(H,49,50)/p-4. The van der Waals surface area contributed by atoms with Crippen LogP contribution in [0.5, 0.6) is 17.2 Å². The van der Waals surface area contributed by atoms with Crippen LogP contribution in [0.1, 0.15) is 5.56 Å². The van der Waals surface area contributed by atoms with Gasteiger partial charge in [-0.15, -0.1) is 0 Å². The molecule has 0 bridgehead atoms. The number of fused-ring (bicyclic) bond motifs is 2. The van der Waals surface area contributed by atoms with Crippen LogP contribution in [0.4, 0.5) is 11.4 Å². The molecule has 5 rings (SSSR count). The second-order valence-corrected chi connectivity index (χ2v) is 12.5. The number of nitrogens with zero attached hydrogens (tertiary/aromatic N) is 2. The third-order valence-electron chi connectivity index (χ3n) is 7.72. The van der Waals surface area contributed by atoms with Crippen molar-refractivity contribution in [3.8, 4) is 39.7 Å². The van der Waals surface area contributed by atoms with E-state index in [1.54, 1.807) is 19.1 Å². The molecule has 0 spiro atoms. The van der Waals surface area contributed by atoms with Crippen LogP contribution in [0, 0.1) is 6.92 Å². The Morgan fingerprint density at radius 2 is 1.38 bits per heavy atom. The molecule has 17 heteroatoms. The van der Waals surface area contributed by atoms with Gasteiger partial charge >= 0.3 is 0 Å². The third-order valence-corrected chi connectivity index (χ3v) is 8.32. The summed E-state index contributed by atoms with van der Waals surface area (Å²) >= 11 is 12.5. The summed E-state index contributed by atoms with van der Waals surface area (Å²) in [5.41, 5.74) is 1.59. The van der Waals surface area contributed by atoms with Crippen molar-refractivity contribution in [3.63, 3.8) is 0 Å². The highest BCUT2D eigenvalue weighted by atomic mass is 35.5. The third kappa shape index (κ3) is 9.19. The second kappa shape index (κ2) is 16.0. The fourth-order valence-corrected chi connectivity index (χ4v) is 5.98. The van der Waals surface area contributed by atoms with Crippen molar-refractivity contribution in [2.75, 3.05) is 49.2 Å². The van der Waals surface area contributed by atoms with Crippen molar-refractivity contribution in [1.82, 2.24) is 0 Å². The number of carbonyl (C=O) groups excluding carboxylic acids is 4. The van der Waals surface area contributed by atoms with Crippen molar-refractivity contribution >= 4 is 69.4 Å². The summed E-state index contributed by atoms with van der Waals surface area (Å²) in [5, 5.41) is 56.3. The van der Waals surface area contributed by atoms with Gasteiger partial charge in [0.1, 0.15) is 41.8 Å². The summed E-state index contributed by atoms with van der Waals surface area (Å²) < 4.78 is 17.8. The number of phenolic OH excluding ortho intramolecular Hbond substituents is 1. The molecule has 0 amide bonds. The fourth-order valence-electron chi connectivity index (χ4n) is 5.65.